The summed E-state index contributed by atoms with van der Waals surface area (Å²) in [5.41, 5.74) is 3.11. The number of hydrogen-bond donors (Lipinski definition) is 0. The van der Waals surface area contributed by atoms with Crippen LogP contribution in [0.25, 0.3) is 0 Å². The number of aryl methyl sites for hydroxylation is 1. The van der Waals surface area contributed by atoms with Gasteiger partial charge in [-0.2, -0.15) is 0 Å². The molecule has 1 aliphatic rings. The van der Waals surface area contributed by atoms with Crippen molar-refractivity contribution in [3.05, 3.63) is 23.8 Å². The predicted molar refractivity (Wildman–Crippen MR) is 130 cm³/mol. The van der Waals surface area contributed by atoms with Gasteiger partial charge >= 0.3 is 0 Å². The molecule has 0 saturated heterocycles. The van der Waals surface area contributed by atoms with Crippen LogP contribution in [0.2, 0.25) is 0 Å². The van der Waals surface area contributed by atoms with E-state index in [1.807, 2.05) is 18.7 Å². The Morgan fingerprint density at radius 3 is 2.63 bits per heavy atom. The topological polar surface area (TPSA) is 41.9 Å². The number of unbranched alkanes of at least 4 members (excludes halogenated alkanes) is 3. The molecule has 1 aliphatic carbocycles. The van der Waals surface area contributed by atoms with E-state index in [-0.39, 0.29) is 12.6 Å². The van der Waals surface area contributed by atoms with Crippen LogP contribution in [0.5, 0.6) is 0 Å². The maximum atomic E-state index is 13.1. The van der Waals surface area contributed by atoms with Crippen molar-refractivity contribution in [3.63, 3.8) is 0 Å². The van der Waals surface area contributed by atoms with E-state index in [1.54, 1.807) is 4.90 Å². The van der Waals surface area contributed by atoms with E-state index in [4.69, 9.17) is 16.4 Å². The number of carbonyl (C=O) groups excluding carboxylic acids is 1. The van der Waals surface area contributed by atoms with Crippen molar-refractivity contribution < 1.29 is 9.63 Å². The second-order valence-corrected chi connectivity index (χ2v) is 9.51. The molecule has 0 aliphatic heterocycles. The summed E-state index contributed by atoms with van der Waals surface area (Å²) < 4.78 is 0. The van der Waals surface area contributed by atoms with Gasteiger partial charge in [0.25, 0.3) is 0 Å². The second kappa shape index (κ2) is 14.0. The van der Waals surface area contributed by atoms with Gasteiger partial charge in [-0.15, -0.1) is 23.4 Å². The first-order valence-electron chi connectivity index (χ1n) is 11.5. The number of benzene rings is 1. The van der Waals surface area contributed by atoms with Crippen LogP contribution in [-0.2, 0) is 16.1 Å². The number of rotatable bonds is 13. The maximum Gasteiger partial charge on any atom is 0.247 e. The Labute approximate surface area is 191 Å². The van der Waals surface area contributed by atoms with Gasteiger partial charge in [0.15, 0.2) is 6.73 Å². The number of alkyl halides is 1. The van der Waals surface area contributed by atoms with Crippen molar-refractivity contribution in [2.24, 2.45) is 5.16 Å². The van der Waals surface area contributed by atoms with Crippen LogP contribution in [-0.4, -0.2) is 29.5 Å². The fourth-order valence-electron chi connectivity index (χ4n) is 3.55. The third-order valence-electron chi connectivity index (χ3n) is 5.45. The summed E-state index contributed by atoms with van der Waals surface area (Å²) in [6.07, 6.45) is 10.8. The van der Waals surface area contributed by atoms with Crippen LogP contribution >= 0.6 is 23.4 Å². The fraction of sp³-hybridized carbons (Fsp3) is 0.667. The maximum absolute atomic E-state index is 13.1. The molecule has 0 spiro atoms. The predicted octanol–water partition coefficient (Wildman–Crippen LogP) is 7.18. The number of anilines is 1. The van der Waals surface area contributed by atoms with Crippen molar-refractivity contribution in [1.82, 2.24) is 0 Å². The van der Waals surface area contributed by atoms with Crippen molar-refractivity contribution in [2.45, 2.75) is 95.3 Å². The van der Waals surface area contributed by atoms with Crippen LogP contribution in [0, 0.1) is 0 Å². The summed E-state index contributed by atoms with van der Waals surface area (Å²) in [4.78, 5) is 21.6. The SMILES string of the molecule is CCCCCCSc1ccc(CC)c(N(CON=C2CCCC2)C(=O)C(Cl)CC)c1. The largest absolute Gasteiger partial charge is 0.373 e. The lowest BCUT2D eigenvalue weighted by molar-refractivity contribution is -0.119. The van der Waals surface area contributed by atoms with Crippen LogP contribution in [0.3, 0.4) is 0 Å². The normalized spacial score (nSPS) is 14.6. The molecule has 0 bridgehead atoms. The summed E-state index contributed by atoms with van der Waals surface area (Å²) in [5, 5.41) is 3.72. The average molecular weight is 453 g/mol. The van der Waals surface area contributed by atoms with Gasteiger partial charge in [-0.25, -0.2) is 0 Å². The Morgan fingerprint density at radius 1 is 1.20 bits per heavy atom. The molecule has 1 aromatic carbocycles. The van der Waals surface area contributed by atoms with Crippen LogP contribution in [0.15, 0.2) is 28.3 Å². The Balaban J connectivity index is 2.17. The molecule has 1 amide bonds. The van der Waals surface area contributed by atoms with Gasteiger partial charge in [0.1, 0.15) is 5.38 Å². The molecule has 1 aromatic rings. The third-order valence-corrected chi connectivity index (χ3v) is 7.02. The van der Waals surface area contributed by atoms with Gasteiger partial charge in [-0.3, -0.25) is 9.69 Å². The number of amides is 1. The van der Waals surface area contributed by atoms with Crippen molar-refractivity contribution >= 4 is 40.7 Å². The Morgan fingerprint density at radius 2 is 1.97 bits per heavy atom. The van der Waals surface area contributed by atoms with Gasteiger partial charge in [0.2, 0.25) is 5.91 Å². The van der Waals surface area contributed by atoms with Crippen LogP contribution in [0.4, 0.5) is 5.69 Å². The number of carbonyl (C=O) groups is 1. The zero-order valence-corrected chi connectivity index (χ0v) is 20.4. The van der Waals surface area contributed by atoms with Gasteiger partial charge in [0, 0.05) is 4.90 Å². The highest BCUT2D eigenvalue weighted by molar-refractivity contribution is 7.99. The Bertz CT molecular complexity index is 688. The molecule has 1 saturated carbocycles. The van der Waals surface area contributed by atoms with Gasteiger partial charge in [0.05, 0.1) is 11.4 Å². The Hall–Kier alpha value is -1.20. The molecule has 0 N–H and O–H groups in total. The van der Waals surface area contributed by atoms with Crippen molar-refractivity contribution in [3.8, 4) is 0 Å². The lowest BCUT2D eigenvalue weighted by Crippen LogP contribution is -2.38. The summed E-state index contributed by atoms with van der Waals surface area (Å²) in [6, 6.07) is 6.40. The number of nitrogens with zero attached hydrogens (tertiary/aromatic N) is 2. The second-order valence-electron chi connectivity index (χ2n) is 7.82. The molecule has 30 heavy (non-hydrogen) atoms. The van der Waals surface area contributed by atoms with Gasteiger partial charge < -0.3 is 4.84 Å². The molecule has 2 rings (SSSR count). The molecular formula is C24H37ClN2O2S. The van der Waals surface area contributed by atoms with Gasteiger partial charge in [-0.05, 0) is 68.4 Å². The first kappa shape index (κ1) is 25.1. The summed E-state index contributed by atoms with van der Waals surface area (Å²) in [6.45, 7) is 6.37. The summed E-state index contributed by atoms with van der Waals surface area (Å²) >= 11 is 8.20. The zero-order chi connectivity index (χ0) is 21.8. The number of oxime groups is 1. The summed E-state index contributed by atoms with van der Waals surface area (Å²) in [5.74, 6) is 0.974. The van der Waals surface area contributed by atoms with E-state index in [0.717, 1.165) is 42.0 Å². The van der Waals surface area contributed by atoms with Crippen molar-refractivity contribution in [2.75, 3.05) is 17.4 Å². The average Bonchev–Trinajstić information content (AvgIpc) is 3.29. The third kappa shape index (κ3) is 7.81. The molecule has 0 heterocycles. The monoisotopic (exact) mass is 452 g/mol. The molecule has 4 nitrogen and oxygen atoms in total. The molecule has 1 unspecified atom stereocenters. The van der Waals surface area contributed by atoms with Crippen LogP contribution in [0.1, 0.15) is 84.1 Å². The number of hydrogen-bond acceptors (Lipinski definition) is 4. The minimum atomic E-state index is -0.567. The number of thioether (sulfide) groups is 1. The van der Waals surface area contributed by atoms with E-state index in [0.29, 0.717) is 6.42 Å². The lowest BCUT2D eigenvalue weighted by Gasteiger charge is -2.26. The fourth-order valence-corrected chi connectivity index (χ4v) is 4.61. The van der Waals surface area contributed by atoms with Crippen molar-refractivity contribution in [1.29, 1.82) is 0 Å². The molecule has 0 radical (unpaired) electrons. The highest BCUT2D eigenvalue weighted by Crippen LogP contribution is 2.30. The van der Waals surface area contributed by atoms with Crippen LogP contribution < -0.4 is 4.90 Å². The summed E-state index contributed by atoms with van der Waals surface area (Å²) in [7, 11) is 0. The molecule has 6 heteroatoms. The van der Waals surface area contributed by atoms with E-state index in [9.17, 15) is 4.79 Å². The molecule has 1 fully saturated rings. The quantitative estimate of drug-likeness (QED) is 0.105. The number of halogens is 1. The lowest BCUT2D eigenvalue weighted by atomic mass is 10.1. The molecular weight excluding hydrogens is 416 g/mol. The first-order chi connectivity index (χ1) is 14.6. The molecule has 1 atom stereocenters. The van der Waals surface area contributed by atoms with E-state index in [1.165, 1.54) is 43.4 Å². The smallest absolute Gasteiger partial charge is 0.247 e. The molecule has 168 valence electrons. The Kier molecular flexibility index (Phi) is 11.7. The minimum Gasteiger partial charge on any atom is -0.373 e. The zero-order valence-electron chi connectivity index (χ0n) is 18.8. The van der Waals surface area contributed by atoms with E-state index < -0.39 is 5.38 Å². The minimum absolute atomic E-state index is 0.100. The first-order valence-corrected chi connectivity index (χ1v) is 12.9. The van der Waals surface area contributed by atoms with Gasteiger partial charge in [-0.1, -0.05) is 51.3 Å². The highest BCUT2D eigenvalue weighted by Gasteiger charge is 2.25. The molecule has 0 aromatic heterocycles. The van der Waals surface area contributed by atoms with E-state index in [2.05, 4.69) is 37.2 Å². The van der Waals surface area contributed by atoms with E-state index >= 15 is 0 Å². The standard InChI is InChI=1S/C24H37ClN2O2S/c1-4-7-8-11-16-30-21-15-14-19(5-2)23(17-21)27(24(28)22(25)6-3)18-29-26-20-12-9-10-13-20/h14-15,17,22H,4-13,16,18H2,1-3H3. The highest BCUT2D eigenvalue weighted by atomic mass is 35.5.